The zero-order valence-electron chi connectivity index (χ0n) is 15.6. The number of rotatable bonds is 7. The van der Waals surface area contributed by atoms with Crippen LogP contribution >= 0.6 is 11.6 Å². The van der Waals surface area contributed by atoms with Crippen molar-refractivity contribution in [2.24, 2.45) is 0 Å². The first kappa shape index (κ1) is 21.9. The Morgan fingerprint density at radius 1 is 1.22 bits per heavy atom. The summed E-state index contributed by atoms with van der Waals surface area (Å²) in [5, 5.41) is 7.16. The Morgan fingerprint density at radius 2 is 1.83 bits per heavy atom. The van der Waals surface area contributed by atoms with Crippen LogP contribution in [0.2, 0.25) is 0 Å². The molecule has 1 heterocycles. The highest BCUT2D eigenvalue weighted by atomic mass is 35.5. The summed E-state index contributed by atoms with van der Waals surface area (Å²) in [5.74, 6) is 0.0570. The number of hydrogen-bond acceptors (Lipinski definition) is 2. The zero-order chi connectivity index (χ0) is 17.9. The van der Waals surface area contributed by atoms with Crippen molar-refractivity contribution < 1.29 is 4.79 Å². The normalized spacial score (nSPS) is 17.3. The van der Waals surface area contributed by atoms with Crippen LogP contribution < -0.4 is 10.6 Å². The fourth-order valence-electron chi connectivity index (χ4n) is 2.38. The largest absolute Gasteiger partial charge is 0.343 e. The maximum atomic E-state index is 11.3. The molecule has 0 aliphatic carbocycles. The summed E-state index contributed by atoms with van der Waals surface area (Å²) in [7, 11) is 0. The van der Waals surface area contributed by atoms with Crippen molar-refractivity contribution in [3.8, 4) is 0 Å². The number of hydrogen-bond donors (Lipinski definition) is 2. The predicted octanol–water partition coefficient (Wildman–Crippen LogP) is 4.70. The number of halogens is 1. The molecule has 1 aliphatic heterocycles. The Balaban J connectivity index is 0.000000468. The minimum absolute atomic E-state index is 0.0570. The average molecular weight is 341 g/mol. The molecule has 0 unspecified atom stereocenters. The summed E-state index contributed by atoms with van der Waals surface area (Å²) in [6, 6.07) is 0. The molecule has 0 spiro atoms. The second kappa shape index (κ2) is 11.5. The standard InChI is InChI=1S/C11H20N2O.C8H13Cl/c1-4-11(5-2)9(8-12-6-3)7-10(14)13-11;1-4-7(2)5-6-8(3)9/h7,12H,4-6,8H2,1-3H3,(H,13,14);5-6H,4H2,1-3H3/b;7-5+,8-6+. The molecule has 132 valence electrons. The summed E-state index contributed by atoms with van der Waals surface area (Å²) in [4.78, 5) is 11.3. The lowest BCUT2D eigenvalue weighted by Gasteiger charge is -2.30. The Labute approximate surface area is 147 Å². The summed E-state index contributed by atoms with van der Waals surface area (Å²) in [5.41, 5.74) is 2.48. The molecule has 0 saturated heterocycles. The molecule has 3 nitrogen and oxygen atoms in total. The summed E-state index contributed by atoms with van der Waals surface area (Å²) < 4.78 is 0. The third-order valence-electron chi connectivity index (χ3n) is 4.21. The number of allylic oxidation sites excluding steroid dienone is 4. The predicted molar refractivity (Wildman–Crippen MR) is 102 cm³/mol. The first-order valence-corrected chi connectivity index (χ1v) is 8.96. The van der Waals surface area contributed by atoms with Gasteiger partial charge < -0.3 is 10.6 Å². The molecular weight excluding hydrogens is 308 g/mol. The Hall–Kier alpha value is -1.06. The van der Waals surface area contributed by atoms with Crippen molar-refractivity contribution in [3.63, 3.8) is 0 Å². The maximum Gasteiger partial charge on any atom is 0.244 e. The highest BCUT2D eigenvalue weighted by Crippen LogP contribution is 2.28. The summed E-state index contributed by atoms with van der Waals surface area (Å²) >= 11 is 5.60. The van der Waals surface area contributed by atoms with E-state index in [1.54, 1.807) is 6.08 Å². The van der Waals surface area contributed by atoms with E-state index in [9.17, 15) is 4.79 Å². The molecule has 0 aromatic carbocycles. The molecule has 1 rings (SSSR count). The third-order valence-corrected chi connectivity index (χ3v) is 4.34. The van der Waals surface area contributed by atoms with Gasteiger partial charge in [-0.05, 0) is 51.3 Å². The van der Waals surface area contributed by atoms with Crippen LogP contribution in [0.25, 0.3) is 0 Å². The fraction of sp³-hybridized carbons (Fsp3) is 0.632. The van der Waals surface area contributed by atoms with Gasteiger partial charge in [0.05, 0.1) is 5.54 Å². The number of carbonyl (C=O) groups excluding carboxylic acids is 1. The molecule has 0 aromatic rings. The first-order valence-electron chi connectivity index (χ1n) is 8.58. The molecule has 4 heteroatoms. The maximum absolute atomic E-state index is 11.3. The van der Waals surface area contributed by atoms with Crippen molar-refractivity contribution in [2.45, 2.75) is 66.3 Å². The van der Waals surface area contributed by atoms with Crippen LogP contribution in [0.4, 0.5) is 0 Å². The lowest BCUT2D eigenvalue weighted by molar-refractivity contribution is -0.117. The molecule has 0 saturated carbocycles. The van der Waals surface area contributed by atoms with Crippen molar-refractivity contribution in [3.05, 3.63) is 34.4 Å². The molecule has 0 fully saturated rings. The summed E-state index contributed by atoms with van der Waals surface area (Å²) in [6.45, 7) is 14.2. The van der Waals surface area contributed by atoms with Crippen LogP contribution in [0, 0.1) is 0 Å². The fourth-order valence-corrected chi connectivity index (χ4v) is 2.45. The number of carbonyl (C=O) groups is 1. The molecule has 0 radical (unpaired) electrons. The van der Waals surface area contributed by atoms with Crippen LogP contribution in [-0.4, -0.2) is 24.5 Å². The van der Waals surface area contributed by atoms with Gasteiger partial charge in [0, 0.05) is 17.7 Å². The highest BCUT2D eigenvalue weighted by molar-refractivity contribution is 6.29. The van der Waals surface area contributed by atoms with Gasteiger partial charge in [-0.25, -0.2) is 0 Å². The van der Waals surface area contributed by atoms with Crippen LogP contribution in [0.5, 0.6) is 0 Å². The highest BCUT2D eigenvalue weighted by Gasteiger charge is 2.36. The van der Waals surface area contributed by atoms with E-state index < -0.39 is 0 Å². The van der Waals surface area contributed by atoms with Crippen molar-refractivity contribution >= 4 is 17.5 Å². The van der Waals surface area contributed by atoms with Gasteiger partial charge in [0.1, 0.15) is 0 Å². The topological polar surface area (TPSA) is 41.1 Å². The van der Waals surface area contributed by atoms with E-state index in [-0.39, 0.29) is 11.4 Å². The van der Waals surface area contributed by atoms with Crippen LogP contribution in [0.3, 0.4) is 0 Å². The van der Waals surface area contributed by atoms with Crippen molar-refractivity contribution in [1.82, 2.24) is 10.6 Å². The quantitative estimate of drug-likeness (QED) is 0.660. The van der Waals surface area contributed by atoms with Crippen LogP contribution in [0.1, 0.15) is 60.8 Å². The van der Waals surface area contributed by atoms with Gasteiger partial charge in [-0.3, -0.25) is 4.79 Å². The van der Waals surface area contributed by atoms with Gasteiger partial charge in [0.25, 0.3) is 0 Å². The number of likely N-dealkylation sites (N-methyl/N-ethyl adjacent to an activating group) is 1. The molecular formula is C19H33ClN2O. The van der Waals surface area contributed by atoms with E-state index in [0.717, 1.165) is 37.4 Å². The second-order valence-electron chi connectivity index (χ2n) is 5.85. The smallest absolute Gasteiger partial charge is 0.244 e. The van der Waals surface area contributed by atoms with E-state index in [1.807, 2.05) is 19.1 Å². The molecule has 1 amide bonds. The van der Waals surface area contributed by atoms with Gasteiger partial charge in [-0.2, -0.15) is 0 Å². The molecule has 1 aliphatic rings. The molecule has 0 aromatic heterocycles. The van der Waals surface area contributed by atoms with Gasteiger partial charge in [0.15, 0.2) is 0 Å². The van der Waals surface area contributed by atoms with Crippen LogP contribution in [0.15, 0.2) is 34.4 Å². The van der Waals surface area contributed by atoms with E-state index >= 15 is 0 Å². The SMILES string of the molecule is CC/C(C)=C/C=C(\C)Cl.CCNCC1=CC(=O)NC1(CC)CC. The second-order valence-corrected chi connectivity index (χ2v) is 6.44. The molecule has 0 atom stereocenters. The molecule has 0 bridgehead atoms. The third kappa shape index (κ3) is 7.85. The summed E-state index contributed by atoms with van der Waals surface area (Å²) in [6.07, 6.45) is 8.73. The van der Waals surface area contributed by atoms with Crippen molar-refractivity contribution in [1.29, 1.82) is 0 Å². The van der Waals surface area contributed by atoms with Gasteiger partial charge in [0.2, 0.25) is 5.91 Å². The van der Waals surface area contributed by atoms with Gasteiger partial charge >= 0.3 is 0 Å². The first-order chi connectivity index (χ1) is 10.8. The zero-order valence-corrected chi connectivity index (χ0v) is 16.3. The number of amides is 1. The number of nitrogens with one attached hydrogen (secondary N) is 2. The Kier molecular flexibility index (Phi) is 10.9. The van der Waals surface area contributed by atoms with Gasteiger partial charge in [-0.15, -0.1) is 0 Å². The average Bonchev–Trinajstić information content (AvgIpc) is 2.87. The minimum Gasteiger partial charge on any atom is -0.343 e. The minimum atomic E-state index is -0.0841. The van der Waals surface area contributed by atoms with Crippen LogP contribution in [-0.2, 0) is 4.79 Å². The molecule has 2 N–H and O–H groups in total. The van der Waals surface area contributed by atoms with E-state index in [1.165, 1.54) is 11.1 Å². The van der Waals surface area contributed by atoms with Crippen molar-refractivity contribution in [2.75, 3.05) is 13.1 Å². The lowest BCUT2D eigenvalue weighted by atomic mass is 9.86. The van der Waals surface area contributed by atoms with Gasteiger partial charge in [-0.1, -0.05) is 50.9 Å². The molecule has 23 heavy (non-hydrogen) atoms. The van der Waals surface area contributed by atoms with E-state index in [0.29, 0.717) is 0 Å². The Bertz CT molecular complexity index is 456. The van der Waals surface area contributed by atoms with E-state index in [2.05, 4.69) is 45.3 Å². The lowest BCUT2D eigenvalue weighted by Crippen LogP contribution is -2.45. The Morgan fingerprint density at radius 3 is 2.26 bits per heavy atom. The monoisotopic (exact) mass is 340 g/mol. The van der Waals surface area contributed by atoms with E-state index in [4.69, 9.17) is 11.6 Å².